The molecule has 1 unspecified atom stereocenters. The maximum absolute atomic E-state index is 10.7. The van der Waals surface area contributed by atoms with Crippen molar-refractivity contribution < 1.29 is 10.0 Å². The molecule has 1 aliphatic heterocycles. The first-order valence-electron chi connectivity index (χ1n) is 6.28. The van der Waals surface area contributed by atoms with Crippen molar-refractivity contribution in [3.05, 3.63) is 16.3 Å². The molecule has 0 spiro atoms. The van der Waals surface area contributed by atoms with Crippen molar-refractivity contribution in [1.82, 2.24) is 9.97 Å². The van der Waals surface area contributed by atoms with Crippen LogP contribution in [-0.4, -0.2) is 39.2 Å². The normalized spacial score (nSPS) is 19.4. The molecule has 1 saturated heterocycles. The number of anilines is 2. The number of nitrogens with zero attached hydrogens (tertiary/aromatic N) is 4. The zero-order valence-corrected chi connectivity index (χ0v) is 10.5. The number of nitro groups is 1. The van der Waals surface area contributed by atoms with Crippen molar-refractivity contribution >= 4 is 17.5 Å². The lowest BCUT2D eigenvalue weighted by Gasteiger charge is -2.35. The van der Waals surface area contributed by atoms with E-state index in [9.17, 15) is 10.1 Å². The highest BCUT2D eigenvalue weighted by molar-refractivity contribution is 5.54. The molecule has 8 nitrogen and oxygen atoms in total. The Morgan fingerprint density at radius 3 is 3.00 bits per heavy atom. The molecule has 0 aliphatic carbocycles. The minimum Gasteiger partial charge on any atom is -0.396 e. The van der Waals surface area contributed by atoms with E-state index in [4.69, 9.17) is 10.8 Å². The van der Waals surface area contributed by atoms with E-state index in [2.05, 4.69) is 9.97 Å². The van der Waals surface area contributed by atoms with Crippen LogP contribution in [0.5, 0.6) is 0 Å². The molecule has 3 N–H and O–H groups in total. The third-order valence-electron chi connectivity index (χ3n) is 3.33. The van der Waals surface area contributed by atoms with Crippen LogP contribution >= 0.6 is 0 Å². The minimum absolute atomic E-state index is 0.101. The van der Waals surface area contributed by atoms with Gasteiger partial charge < -0.3 is 15.7 Å². The van der Waals surface area contributed by atoms with Crippen LogP contribution in [-0.2, 0) is 0 Å². The maximum Gasteiger partial charge on any atom is 0.329 e. The van der Waals surface area contributed by atoms with Crippen molar-refractivity contribution in [2.24, 2.45) is 0 Å². The van der Waals surface area contributed by atoms with Gasteiger partial charge in [-0.3, -0.25) is 10.1 Å². The Morgan fingerprint density at radius 1 is 1.58 bits per heavy atom. The van der Waals surface area contributed by atoms with Crippen molar-refractivity contribution in [2.45, 2.75) is 31.7 Å². The summed E-state index contributed by atoms with van der Waals surface area (Å²) in [7, 11) is 0. The Bertz CT molecular complexity index is 466. The fourth-order valence-corrected chi connectivity index (χ4v) is 2.37. The van der Waals surface area contributed by atoms with Gasteiger partial charge in [0.25, 0.3) is 0 Å². The molecule has 19 heavy (non-hydrogen) atoms. The molecule has 1 fully saturated rings. The van der Waals surface area contributed by atoms with Crippen LogP contribution in [0.4, 0.5) is 17.5 Å². The smallest absolute Gasteiger partial charge is 0.329 e. The van der Waals surface area contributed by atoms with Crippen molar-refractivity contribution in [3.63, 3.8) is 0 Å². The van der Waals surface area contributed by atoms with Gasteiger partial charge in [-0.25, -0.2) is 4.98 Å². The van der Waals surface area contributed by atoms with Gasteiger partial charge in [-0.15, -0.1) is 0 Å². The van der Waals surface area contributed by atoms with Crippen LogP contribution in [0.1, 0.15) is 25.7 Å². The number of aliphatic hydroxyl groups is 1. The summed E-state index contributed by atoms with van der Waals surface area (Å²) in [6.07, 6.45) is 4.86. The average molecular weight is 267 g/mol. The Balaban J connectivity index is 2.24. The van der Waals surface area contributed by atoms with Gasteiger partial charge in [0.1, 0.15) is 6.20 Å². The standard InChI is InChI=1S/C11H17N5O3/c12-10-9(16(18)19)7-13-11(14-10)15-5-2-1-3-8(15)4-6-17/h7-8,17H,1-6H2,(H2,12,13,14). The predicted molar refractivity (Wildman–Crippen MR) is 69.8 cm³/mol. The molecule has 0 radical (unpaired) electrons. The third-order valence-corrected chi connectivity index (χ3v) is 3.33. The largest absolute Gasteiger partial charge is 0.396 e. The van der Waals surface area contributed by atoms with E-state index < -0.39 is 4.92 Å². The molecule has 0 aromatic carbocycles. The maximum atomic E-state index is 10.7. The second-order valence-electron chi connectivity index (χ2n) is 4.55. The molecule has 2 heterocycles. The lowest BCUT2D eigenvalue weighted by Crippen LogP contribution is -2.41. The Morgan fingerprint density at radius 2 is 2.37 bits per heavy atom. The summed E-state index contributed by atoms with van der Waals surface area (Å²) in [5, 5.41) is 19.7. The molecule has 2 rings (SSSR count). The molecule has 104 valence electrons. The zero-order valence-electron chi connectivity index (χ0n) is 10.5. The fraction of sp³-hybridized carbons (Fsp3) is 0.636. The van der Waals surface area contributed by atoms with E-state index in [-0.39, 0.29) is 24.2 Å². The molecular formula is C11H17N5O3. The van der Waals surface area contributed by atoms with Gasteiger partial charge >= 0.3 is 5.69 Å². The summed E-state index contributed by atoms with van der Waals surface area (Å²) in [5.41, 5.74) is 5.30. The van der Waals surface area contributed by atoms with E-state index in [1.807, 2.05) is 4.90 Å². The fourth-order valence-electron chi connectivity index (χ4n) is 2.37. The molecule has 0 saturated carbocycles. The molecule has 8 heteroatoms. The van der Waals surface area contributed by atoms with Gasteiger partial charge in [-0.1, -0.05) is 0 Å². The number of rotatable bonds is 4. The monoisotopic (exact) mass is 267 g/mol. The number of piperidine rings is 1. The molecule has 1 aliphatic rings. The van der Waals surface area contributed by atoms with Crippen LogP contribution in [0.3, 0.4) is 0 Å². The van der Waals surface area contributed by atoms with E-state index in [1.165, 1.54) is 0 Å². The zero-order chi connectivity index (χ0) is 13.8. The SMILES string of the molecule is Nc1nc(N2CCCCC2CCO)ncc1[N+](=O)[O-]. The highest BCUT2D eigenvalue weighted by Crippen LogP contribution is 2.26. The number of hydrogen-bond acceptors (Lipinski definition) is 7. The van der Waals surface area contributed by atoms with Crippen LogP contribution in [0.2, 0.25) is 0 Å². The summed E-state index contributed by atoms with van der Waals surface area (Å²) in [4.78, 5) is 20.1. The average Bonchev–Trinajstić information content (AvgIpc) is 2.39. The van der Waals surface area contributed by atoms with Gasteiger partial charge in [-0.05, 0) is 25.7 Å². The minimum atomic E-state index is -0.597. The summed E-state index contributed by atoms with van der Waals surface area (Å²) in [6.45, 7) is 0.881. The number of nitrogen functional groups attached to an aromatic ring is 1. The number of aromatic nitrogens is 2. The predicted octanol–water partition coefficient (Wildman–Crippen LogP) is 0.708. The first-order valence-corrected chi connectivity index (χ1v) is 6.28. The van der Waals surface area contributed by atoms with Gasteiger partial charge in [0.15, 0.2) is 0 Å². The van der Waals surface area contributed by atoms with Gasteiger partial charge in [0.05, 0.1) is 4.92 Å². The van der Waals surface area contributed by atoms with Gasteiger partial charge in [-0.2, -0.15) is 4.98 Å². The van der Waals surface area contributed by atoms with Crippen molar-refractivity contribution in [3.8, 4) is 0 Å². The summed E-state index contributed by atoms with van der Waals surface area (Å²) >= 11 is 0. The van der Waals surface area contributed by atoms with Gasteiger partial charge in [0, 0.05) is 19.2 Å². The summed E-state index contributed by atoms with van der Waals surface area (Å²) in [5.74, 6) is 0.282. The first-order chi connectivity index (χ1) is 9.13. The van der Waals surface area contributed by atoms with E-state index >= 15 is 0 Å². The Kier molecular flexibility index (Phi) is 4.10. The quantitative estimate of drug-likeness (QED) is 0.609. The Hall–Kier alpha value is -1.96. The van der Waals surface area contributed by atoms with Crippen molar-refractivity contribution in [1.29, 1.82) is 0 Å². The van der Waals surface area contributed by atoms with E-state index in [0.717, 1.165) is 32.0 Å². The first kappa shape index (κ1) is 13.5. The van der Waals surface area contributed by atoms with Gasteiger partial charge in [0.2, 0.25) is 11.8 Å². The molecule has 0 amide bonds. The van der Waals surface area contributed by atoms with E-state index in [0.29, 0.717) is 12.4 Å². The Labute approximate surface area is 110 Å². The highest BCUT2D eigenvalue weighted by atomic mass is 16.6. The molecule has 1 atom stereocenters. The molecule has 1 aromatic heterocycles. The lowest BCUT2D eigenvalue weighted by molar-refractivity contribution is -0.384. The van der Waals surface area contributed by atoms with Crippen LogP contribution in [0.25, 0.3) is 0 Å². The topological polar surface area (TPSA) is 118 Å². The van der Waals surface area contributed by atoms with Crippen LogP contribution in [0.15, 0.2) is 6.20 Å². The molecular weight excluding hydrogens is 250 g/mol. The van der Waals surface area contributed by atoms with E-state index in [1.54, 1.807) is 0 Å². The third kappa shape index (κ3) is 2.90. The number of nitrogens with two attached hydrogens (primary N) is 1. The second-order valence-corrected chi connectivity index (χ2v) is 4.55. The summed E-state index contributed by atoms with van der Waals surface area (Å²) < 4.78 is 0. The number of aliphatic hydroxyl groups excluding tert-OH is 1. The highest BCUT2D eigenvalue weighted by Gasteiger charge is 2.25. The molecule has 1 aromatic rings. The number of hydrogen-bond donors (Lipinski definition) is 2. The van der Waals surface area contributed by atoms with Crippen molar-refractivity contribution in [2.75, 3.05) is 23.8 Å². The summed E-state index contributed by atoms with van der Waals surface area (Å²) in [6, 6.07) is 0.166. The molecule has 0 bridgehead atoms. The van der Waals surface area contributed by atoms with Crippen LogP contribution < -0.4 is 10.6 Å². The second kappa shape index (κ2) is 5.79. The lowest BCUT2D eigenvalue weighted by atomic mass is 10.0. The van der Waals surface area contributed by atoms with Crippen LogP contribution in [0, 0.1) is 10.1 Å².